The van der Waals surface area contributed by atoms with Gasteiger partial charge in [0, 0.05) is 31.5 Å². The number of imidazole rings is 1. The van der Waals surface area contributed by atoms with Crippen LogP contribution in [0, 0.1) is 13.8 Å². The molecule has 5 nitrogen and oxygen atoms in total. The van der Waals surface area contributed by atoms with Crippen molar-refractivity contribution in [2.45, 2.75) is 52.5 Å². The Morgan fingerprint density at radius 2 is 1.69 bits per heavy atom. The average Bonchev–Trinajstić information content (AvgIpc) is 3.26. The van der Waals surface area contributed by atoms with E-state index in [4.69, 9.17) is 0 Å². The van der Waals surface area contributed by atoms with Gasteiger partial charge in [-0.2, -0.15) is 0 Å². The predicted octanol–water partition coefficient (Wildman–Crippen LogP) is 5.83. The van der Waals surface area contributed by atoms with Crippen molar-refractivity contribution in [3.63, 3.8) is 0 Å². The van der Waals surface area contributed by atoms with E-state index in [0.29, 0.717) is 18.2 Å². The first kappa shape index (κ1) is 23.2. The second kappa shape index (κ2) is 9.95. The van der Waals surface area contributed by atoms with Crippen molar-refractivity contribution in [3.05, 3.63) is 101 Å². The fraction of sp³-hybridized carbons (Fsp3) is 0.333. The zero-order chi connectivity index (χ0) is 24.4. The average molecular weight is 467 g/mol. The third-order valence-electron chi connectivity index (χ3n) is 7.20. The summed E-state index contributed by atoms with van der Waals surface area (Å²) in [6.07, 6.45) is 5.01. The second-order valence-corrected chi connectivity index (χ2v) is 9.71. The van der Waals surface area contributed by atoms with Gasteiger partial charge in [0.2, 0.25) is 0 Å². The van der Waals surface area contributed by atoms with Crippen molar-refractivity contribution in [1.82, 2.24) is 14.7 Å². The third kappa shape index (κ3) is 4.95. The predicted molar refractivity (Wildman–Crippen MR) is 142 cm³/mol. The zero-order valence-electron chi connectivity index (χ0n) is 20.9. The number of aromatic nitrogens is 2. The van der Waals surface area contributed by atoms with Crippen LogP contribution in [0.4, 0.5) is 5.69 Å². The van der Waals surface area contributed by atoms with Crippen molar-refractivity contribution in [1.29, 1.82) is 0 Å². The highest BCUT2D eigenvalue weighted by molar-refractivity contribution is 5.94. The minimum atomic E-state index is -0.0829. The molecule has 0 bridgehead atoms. The molecule has 4 aromatic rings. The second-order valence-electron chi connectivity index (χ2n) is 9.71. The summed E-state index contributed by atoms with van der Waals surface area (Å²) in [6.45, 7) is 8.86. The summed E-state index contributed by atoms with van der Waals surface area (Å²) in [4.78, 5) is 20.2. The summed E-state index contributed by atoms with van der Waals surface area (Å²) in [5.41, 5.74) is 8.56. The van der Waals surface area contributed by atoms with E-state index in [2.05, 4.69) is 70.7 Å². The maximum absolute atomic E-state index is 13.1. The van der Waals surface area contributed by atoms with Gasteiger partial charge in [0.15, 0.2) is 0 Å². The topological polar surface area (TPSA) is 49.6 Å². The van der Waals surface area contributed by atoms with Crippen molar-refractivity contribution in [2.75, 3.05) is 18.0 Å². The number of amides is 1. The number of anilines is 1. The number of rotatable bonds is 6. The monoisotopic (exact) mass is 466 g/mol. The van der Waals surface area contributed by atoms with Crippen LogP contribution in [0.1, 0.15) is 64.1 Å². The lowest BCUT2D eigenvalue weighted by molar-refractivity contribution is 0.0944. The molecular formula is C30H34N4O. The first-order valence-electron chi connectivity index (χ1n) is 12.7. The highest BCUT2D eigenvalue weighted by Gasteiger charge is 2.21. The Kier molecular flexibility index (Phi) is 6.58. The van der Waals surface area contributed by atoms with Crippen LogP contribution in [0.3, 0.4) is 0 Å². The van der Waals surface area contributed by atoms with Crippen LogP contribution in [-0.4, -0.2) is 28.4 Å². The van der Waals surface area contributed by atoms with Gasteiger partial charge in [0.1, 0.15) is 11.3 Å². The largest absolute Gasteiger partial charge is 0.371 e. The van der Waals surface area contributed by atoms with Crippen molar-refractivity contribution in [3.8, 4) is 0 Å². The number of benzene rings is 2. The Morgan fingerprint density at radius 1 is 0.971 bits per heavy atom. The van der Waals surface area contributed by atoms with Crippen LogP contribution < -0.4 is 10.2 Å². The summed E-state index contributed by atoms with van der Waals surface area (Å²) >= 11 is 0. The summed E-state index contributed by atoms with van der Waals surface area (Å²) in [5, 5.41) is 3.10. The van der Waals surface area contributed by atoms with E-state index in [9.17, 15) is 4.79 Å². The van der Waals surface area contributed by atoms with Gasteiger partial charge in [0.05, 0.1) is 5.69 Å². The number of nitrogens with zero attached hydrogens (tertiary/aromatic N) is 3. The number of nitrogens with one attached hydrogen (secondary N) is 1. The van der Waals surface area contributed by atoms with E-state index in [-0.39, 0.29) is 5.91 Å². The highest BCUT2D eigenvalue weighted by atomic mass is 16.1. The molecule has 0 atom stereocenters. The van der Waals surface area contributed by atoms with Gasteiger partial charge in [-0.3, -0.25) is 9.20 Å². The molecule has 1 amide bonds. The number of aryl methyl sites for hydroxylation is 3. The minimum Gasteiger partial charge on any atom is -0.371 e. The maximum Gasteiger partial charge on any atom is 0.270 e. The van der Waals surface area contributed by atoms with Gasteiger partial charge in [0.25, 0.3) is 5.91 Å². The standard InChI is InChI=1S/C30H34N4O/c1-4-27-29(34-18-13-22(3)19-28(34)32-27)30(35)31-20-23-7-11-26(12-8-23)33-16-14-25(15-17-33)24-9-5-21(2)6-10-24/h5-13,18-19,25H,4,14-17,20H2,1-3H3,(H,31,35). The normalized spacial score (nSPS) is 14.4. The number of pyridine rings is 1. The molecule has 0 aliphatic carbocycles. The maximum atomic E-state index is 13.1. The fourth-order valence-electron chi connectivity index (χ4n) is 5.08. The fourth-order valence-corrected chi connectivity index (χ4v) is 5.08. The molecule has 3 heterocycles. The summed E-state index contributed by atoms with van der Waals surface area (Å²) in [5.74, 6) is 0.568. The Hall–Kier alpha value is -3.60. The van der Waals surface area contributed by atoms with Gasteiger partial charge < -0.3 is 10.2 Å². The molecular weight excluding hydrogens is 432 g/mol. The van der Waals surface area contributed by atoms with E-state index in [0.717, 1.165) is 42.0 Å². The van der Waals surface area contributed by atoms with Gasteiger partial charge in [-0.25, -0.2) is 4.98 Å². The van der Waals surface area contributed by atoms with Gasteiger partial charge in [-0.1, -0.05) is 48.9 Å². The SMILES string of the molecule is CCc1nc2cc(C)ccn2c1C(=O)NCc1ccc(N2CCC(c3ccc(C)cc3)CC2)cc1. The van der Waals surface area contributed by atoms with Crippen LogP contribution in [0.2, 0.25) is 0 Å². The van der Waals surface area contributed by atoms with E-state index >= 15 is 0 Å². The summed E-state index contributed by atoms with van der Waals surface area (Å²) < 4.78 is 1.89. The first-order chi connectivity index (χ1) is 17.0. The highest BCUT2D eigenvalue weighted by Crippen LogP contribution is 2.30. The lowest BCUT2D eigenvalue weighted by Crippen LogP contribution is -2.32. The Balaban J connectivity index is 1.19. The lowest BCUT2D eigenvalue weighted by atomic mass is 9.89. The van der Waals surface area contributed by atoms with E-state index in [1.54, 1.807) is 0 Å². The van der Waals surface area contributed by atoms with Crippen molar-refractivity contribution >= 4 is 17.2 Å². The summed E-state index contributed by atoms with van der Waals surface area (Å²) in [7, 11) is 0. The Bertz CT molecular complexity index is 1310. The molecule has 1 N–H and O–H groups in total. The molecule has 2 aromatic heterocycles. The molecule has 1 fully saturated rings. The number of fused-ring (bicyclic) bond motifs is 1. The van der Waals surface area contributed by atoms with Crippen LogP contribution in [-0.2, 0) is 13.0 Å². The third-order valence-corrected chi connectivity index (χ3v) is 7.20. The Morgan fingerprint density at radius 3 is 2.37 bits per heavy atom. The molecule has 2 aromatic carbocycles. The number of carbonyl (C=O) groups is 1. The van der Waals surface area contributed by atoms with Gasteiger partial charge >= 0.3 is 0 Å². The number of carbonyl (C=O) groups excluding carboxylic acids is 1. The van der Waals surface area contributed by atoms with Crippen LogP contribution in [0.25, 0.3) is 5.65 Å². The van der Waals surface area contributed by atoms with Crippen molar-refractivity contribution < 1.29 is 4.79 Å². The van der Waals surface area contributed by atoms with Gasteiger partial charge in [-0.05, 0) is 80.0 Å². The number of hydrogen-bond donors (Lipinski definition) is 1. The van der Waals surface area contributed by atoms with E-state index in [1.165, 1.54) is 29.7 Å². The quantitative estimate of drug-likeness (QED) is 0.389. The molecule has 5 rings (SSSR count). The first-order valence-corrected chi connectivity index (χ1v) is 12.7. The van der Waals surface area contributed by atoms with E-state index in [1.807, 2.05) is 36.6 Å². The molecule has 0 saturated carbocycles. The molecule has 5 heteroatoms. The molecule has 180 valence electrons. The molecule has 0 spiro atoms. The van der Waals surface area contributed by atoms with Crippen LogP contribution >= 0.6 is 0 Å². The van der Waals surface area contributed by atoms with Gasteiger partial charge in [-0.15, -0.1) is 0 Å². The lowest BCUT2D eigenvalue weighted by Gasteiger charge is -2.34. The Labute approximate surface area is 207 Å². The number of hydrogen-bond acceptors (Lipinski definition) is 3. The molecule has 0 radical (unpaired) electrons. The smallest absolute Gasteiger partial charge is 0.270 e. The molecule has 1 aliphatic rings. The van der Waals surface area contributed by atoms with Crippen LogP contribution in [0.5, 0.6) is 0 Å². The molecule has 0 unspecified atom stereocenters. The number of piperidine rings is 1. The molecule has 1 aliphatic heterocycles. The molecule has 35 heavy (non-hydrogen) atoms. The van der Waals surface area contributed by atoms with Crippen molar-refractivity contribution in [2.24, 2.45) is 0 Å². The molecule has 1 saturated heterocycles. The minimum absolute atomic E-state index is 0.0829. The van der Waals surface area contributed by atoms with Crippen LogP contribution in [0.15, 0.2) is 66.9 Å². The van der Waals surface area contributed by atoms with E-state index < -0.39 is 0 Å². The zero-order valence-corrected chi connectivity index (χ0v) is 20.9. The summed E-state index contributed by atoms with van der Waals surface area (Å²) in [6, 6.07) is 21.7.